The quantitative estimate of drug-likeness (QED) is 0.860. The number of halogens is 1. The van der Waals surface area contributed by atoms with Crippen molar-refractivity contribution in [3.63, 3.8) is 0 Å². The van der Waals surface area contributed by atoms with Crippen molar-refractivity contribution >= 4 is 28.6 Å². The maximum absolute atomic E-state index is 12.1. The smallest absolute Gasteiger partial charge is 0.292 e. The molecular formula is C13H13ClN4OS. The van der Waals surface area contributed by atoms with Crippen LogP contribution in [0, 0.1) is 12.3 Å². The number of aromatic nitrogens is 3. The van der Waals surface area contributed by atoms with Crippen LogP contribution in [0.5, 0.6) is 0 Å². The summed E-state index contributed by atoms with van der Waals surface area (Å²) in [4.78, 5) is 16.4. The molecule has 0 aromatic carbocycles. The van der Waals surface area contributed by atoms with E-state index in [1.54, 1.807) is 17.5 Å². The topological polar surface area (TPSA) is 59.8 Å². The number of rotatable bonds is 5. The van der Waals surface area contributed by atoms with Gasteiger partial charge in [-0.1, -0.05) is 24.4 Å². The fourth-order valence-corrected chi connectivity index (χ4v) is 2.54. The Hall–Kier alpha value is -1.84. The van der Waals surface area contributed by atoms with Gasteiger partial charge in [0, 0.05) is 24.0 Å². The molecule has 0 fully saturated rings. The molecule has 0 amide bonds. The Labute approximate surface area is 125 Å². The maximum atomic E-state index is 12.1. The predicted molar refractivity (Wildman–Crippen MR) is 81.4 cm³/mol. The Morgan fingerprint density at radius 1 is 1.65 bits per heavy atom. The van der Waals surface area contributed by atoms with Crippen molar-refractivity contribution in [3.8, 4) is 12.3 Å². The van der Waals surface area contributed by atoms with Crippen molar-refractivity contribution in [2.45, 2.75) is 19.4 Å². The minimum Gasteiger partial charge on any atom is -0.379 e. The molecule has 0 spiro atoms. The molecule has 7 heteroatoms. The molecule has 2 aromatic heterocycles. The Morgan fingerprint density at radius 2 is 2.45 bits per heavy atom. The van der Waals surface area contributed by atoms with Gasteiger partial charge in [-0.05, 0) is 0 Å². The van der Waals surface area contributed by atoms with Crippen molar-refractivity contribution in [1.29, 1.82) is 0 Å². The summed E-state index contributed by atoms with van der Waals surface area (Å²) >= 11 is 7.59. The molecule has 0 aliphatic carbocycles. The van der Waals surface area contributed by atoms with Gasteiger partial charge in [-0.3, -0.25) is 4.79 Å². The van der Waals surface area contributed by atoms with E-state index < -0.39 is 0 Å². The van der Waals surface area contributed by atoms with Gasteiger partial charge in [0.2, 0.25) is 0 Å². The highest BCUT2D eigenvalue weighted by atomic mass is 35.5. The number of hydrogen-bond donors (Lipinski definition) is 1. The summed E-state index contributed by atoms with van der Waals surface area (Å²) in [5.41, 5.74) is 0.00196. The molecule has 20 heavy (non-hydrogen) atoms. The summed E-state index contributed by atoms with van der Waals surface area (Å²) in [5, 5.41) is 10.2. The van der Waals surface area contributed by atoms with Crippen LogP contribution in [0.2, 0.25) is 5.02 Å². The molecule has 2 rings (SSSR count). The van der Waals surface area contributed by atoms with Crippen LogP contribution in [0.3, 0.4) is 0 Å². The van der Waals surface area contributed by atoms with Gasteiger partial charge in [-0.15, -0.1) is 17.8 Å². The van der Waals surface area contributed by atoms with Gasteiger partial charge in [-0.2, -0.15) is 5.10 Å². The number of nitrogens with one attached hydrogen (secondary N) is 1. The van der Waals surface area contributed by atoms with Crippen LogP contribution in [0.1, 0.15) is 17.8 Å². The zero-order valence-electron chi connectivity index (χ0n) is 10.8. The Balaban J connectivity index is 2.15. The standard InChI is InChI=1S/C13H13ClN4OS/c1-3-5-18-13(19)11(10(14)8-17-18)16-7-9(2)12-15-4-6-20-12/h1,4,6,8-9,16H,5,7H2,2H3. The van der Waals surface area contributed by atoms with Crippen molar-refractivity contribution in [2.24, 2.45) is 0 Å². The van der Waals surface area contributed by atoms with Crippen LogP contribution >= 0.6 is 22.9 Å². The third-order valence-corrected chi connectivity index (χ3v) is 3.99. The molecule has 0 aliphatic heterocycles. The van der Waals surface area contributed by atoms with E-state index in [0.717, 1.165) is 5.01 Å². The van der Waals surface area contributed by atoms with Crippen molar-refractivity contribution in [3.05, 3.63) is 38.2 Å². The highest BCUT2D eigenvalue weighted by Gasteiger charge is 2.13. The summed E-state index contributed by atoms with van der Waals surface area (Å²) in [5.74, 6) is 2.56. The zero-order valence-corrected chi connectivity index (χ0v) is 12.4. The second kappa shape index (κ2) is 6.55. The lowest BCUT2D eigenvalue weighted by Gasteiger charge is -2.12. The van der Waals surface area contributed by atoms with Crippen LogP contribution in [0.15, 0.2) is 22.6 Å². The number of thiazole rings is 1. The van der Waals surface area contributed by atoms with Gasteiger partial charge in [0.25, 0.3) is 5.56 Å². The zero-order chi connectivity index (χ0) is 14.5. The van der Waals surface area contributed by atoms with Crippen molar-refractivity contribution in [1.82, 2.24) is 14.8 Å². The lowest BCUT2D eigenvalue weighted by atomic mass is 10.2. The van der Waals surface area contributed by atoms with Crippen LogP contribution < -0.4 is 10.9 Å². The molecule has 0 aliphatic rings. The first kappa shape index (κ1) is 14.6. The summed E-state index contributed by atoms with van der Waals surface area (Å²) in [6, 6.07) is 0. The van der Waals surface area contributed by atoms with E-state index >= 15 is 0 Å². The third kappa shape index (κ3) is 3.18. The van der Waals surface area contributed by atoms with E-state index in [1.165, 1.54) is 10.9 Å². The average molecular weight is 309 g/mol. The van der Waals surface area contributed by atoms with Crippen LogP contribution in [-0.4, -0.2) is 21.3 Å². The highest BCUT2D eigenvalue weighted by molar-refractivity contribution is 7.09. The van der Waals surface area contributed by atoms with Gasteiger partial charge >= 0.3 is 0 Å². The van der Waals surface area contributed by atoms with Crippen LogP contribution in [0.4, 0.5) is 5.69 Å². The molecule has 1 atom stereocenters. The van der Waals surface area contributed by atoms with Crippen molar-refractivity contribution < 1.29 is 0 Å². The lowest BCUT2D eigenvalue weighted by molar-refractivity contribution is 0.662. The van der Waals surface area contributed by atoms with E-state index in [2.05, 4.69) is 21.3 Å². The lowest BCUT2D eigenvalue weighted by Crippen LogP contribution is -2.26. The summed E-state index contributed by atoms with van der Waals surface area (Å²) in [6.07, 6.45) is 8.37. The second-order valence-electron chi connectivity index (χ2n) is 4.19. The minimum atomic E-state index is -0.318. The molecule has 2 heterocycles. The number of terminal acetylenes is 1. The van der Waals surface area contributed by atoms with Crippen LogP contribution in [-0.2, 0) is 6.54 Å². The Bertz CT molecular complexity index is 675. The van der Waals surface area contributed by atoms with E-state index in [0.29, 0.717) is 12.2 Å². The van der Waals surface area contributed by atoms with Gasteiger partial charge in [0.1, 0.15) is 12.2 Å². The fraction of sp³-hybridized carbons (Fsp3) is 0.308. The monoisotopic (exact) mass is 308 g/mol. The maximum Gasteiger partial charge on any atom is 0.292 e. The molecule has 0 bridgehead atoms. The molecule has 104 valence electrons. The van der Waals surface area contributed by atoms with Crippen molar-refractivity contribution in [2.75, 3.05) is 11.9 Å². The average Bonchev–Trinajstić information content (AvgIpc) is 2.96. The number of anilines is 1. The van der Waals surface area contributed by atoms with Gasteiger partial charge in [-0.25, -0.2) is 9.67 Å². The van der Waals surface area contributed by atoms with Gasteiger partial charge in [0.05, 0.1) is 16.2 Å². The Kier molecular flexibility index (Phi) is 4.77. The minimum absolute atomic E-state index is 0.118. The fourth-order valence-electron chi connectivity index (χ4n) is 1.65. The molecule has 0 saturated carbocycles. The van der Waals surface area contributed by atoms with E-state index in [9.17, 15) is 4.79 Å². The SMILES string of the molecule is C#CCn1ncc(Cl)c(NCC(C)c2nccs2)c1=O. The highest BCUT2D eigenvalue weighted by Crippen LogP contribution is 2.20. The van der Waals surface area contributed by atoms with Gasteiger partial charge < -0.3 is 5.32 Å². The van der Waals surface area contributed by atoms with Gasteiger partial charge in [0.15, 0.2) is 0 Å². The first-order chi connectivity index (χ1) is 9.63. The molecule has 1 unspecified atom stereocenters. The third-order valence-electron chi connectivity index (χ3n) is 2.70. The first-order valence-corrected chi connectivity index (χ1v) is 7.21. The molecule has 0 saturated heterocycles. The van der Waals surface area contributed by atoms with Crippen LogP contribution in [0.25, 0.3) is 0 Å². The molecular weight excluding hydrogens is 296 g/mol. The summed E-state index contributed by atoms with van der Waals surface area (Å²) in [7, 11) is 0. The second-order valence-corrected chi connectivity index (χ2v) is 5.52. The van der Waals surface area contributed by atoms with E-state index in [1.807, 2.05) is 12.3 Å². The largest absolute Gasteiger partial charge is 0.379 e. The number of hydrogen-bond acceptors (Lipinski definition) is 5. The summed E-state index contributed by atoms with van der Waals surface area (Å²) in [6.45, 7) is 2.70. The van der Waals surface area contributed by atoms with E-state index in [4.69, 9.17) is 18.0 Å². The normalized spacial score (nSPS) is 11.8. The predicted octanol–water partition coefficient (Wildman–Crippen LogP) is 2.20. The summed E-state index contributed by atoms with van der Waals surface area (Å²) < 4.78 is 1.20. The van der Waals surface area contributed by atoms with E-state index in [-0.39, 0.29) is 23.0 Å². The first-order valence-electron chi connectivity index (χ1n) is 5.95. The molecule has 1 N–H and O–H groups in total. The number of nitrogens with zero attached hydrogens (tertiary/aromatic N) is 3. The Morgan fingerprint density at radius 3 is 3.10 bits per heavy atom. The molecule has 0 radical (unpaired) electrons. The molecule has 5 nitrogen and oxygen atoms in total. The molecule has 2 aromatic rings.